The summed E-state index contributed by atoms with van der Waals surface area (Å²) < 4.78 is 4.61. The van der Waals surface area contributed by atoms with Gasteiger partial charge in [0.15, 0.2) is 0 Å². The van der Waals surface area contributed by atoms with Crippen LogP contribution in [-0.2, 0) is 6.42 Å². The smallest absolute Gasteiger partial charge is 0.374 e. The zero-order valence-electron chi connectivity index (χ0n) is 6.49. The lowest BCUT2D eigenvalue weighted by Crippen LogP contribution is -1.92. The Morgan fingerprint density at radius 1 is 1.75 bits per heavy atom. The van der Waals surface area contributed by atoms with E-state index in [1.807, 2.05) is 0 Å². The summed E-state index contributed by atoms with van der Waals surface area (Å²) in [6.07, 6.45) is 3.32. The minimum Gasteiger partial charge on any atom is -0.475 e. The van der Waals surface area contributed by atoms with E-state index in [9.17, 15) is 4.79 Å². The quantitative estimate of drug-likeness (QED) is 0.737. The second-order valence-corrected chi connectivity index (χ2v) is 3.14. The van der Waals surface area contributed by atoms with E-state index >= 15 is 0 Å². The predicted molar refractivity (Wildman–Crippen MR) is 39.9 cm³/mol. The van der Waals surface area contributed by atoms with Crippen molar-refractivity contribution in [2.24, 2.45) is 5.92 Å². The molecule has 0 spiro atoms. The fourth-order valence-corrected chi connectivity index (χ4v) is 1.13. The average Bonchev–Trinajstić information content (AvgIpc) is 2.66. The lowest BCUT2D eigenvalue weighted by Gasteiger charge is -1.85. The Morgan fingerprint density at radius 3 is 3.00 bits per heavy atom. The highest BCUT2D eigenvalue weighted by Crippen LogP contribution is 2.32. The molecule has 2 rings (SSSR count). The molecule has 0 aromatic carbocycles. The van der Waals surface area contributed by atoms with Crippen LogP contribution in [0.2, 0.25) is 0 Å². The maximum Gasteiger partial charge on any atom is 0.374 e. The Bertz CT molecular complexity index is 301. The lowest BCUT2D eigenvalue weighted by molar-refractivity contribution is 0.0652. The van der Waals surface area contributed by atoms with Crippen molar-refractivity contribution in [1.29, 1.82) is 0 Å². The van der Waals surface area contributed by atoms with Crippen LogP contribution >= 0.6 is 0 Å². The normalized spacial score (nSPS) is 16.3. The Balaban J connectivity index is 2.06. The molecule has 12 heavy (non-hydrogen) atoms. The second kappa shape index (κ2) is 2.62. The van der Waals surface area contributed by atoms with Crippen LogP contribution in [0.3, 0.4) is 0 Å². The molecule has 1 aromatic rings. The van der Waals surface area contributed by atoms with E-state index in [-0.39, 0.29) is 5.76 Å². The van der Waals surface area contributed by atoms with Gasteiger partial charge in [-0.25, -0.2) is 4.79 Å². The molecule has 4 heteroatoms. The first kappa shape index (κ1) is 7.34. The van der Waals surface area contributed by atoms with Gasteiger partial charge in [-0.15, -0.1) is 0 Å². The van der Waals surface area contributed by atoms with Gasteiger partial charge >= 0.3 is 5.97 Å². The van der Waals surface area contributed by atoms with Gasteiger partial charge in [0.2, 0.25) is 5.76 Å². The monoisotopic (exact) mass is 167 g/mol. The van der Waals surface area contributed by atoms with Crippen molar-refractivity contribution >= 4 is 5.97 Å². The van der Waals surface area contributed by atoms with Crippen molar-refractivity contribution < 1.29 is 14.4 Å². The average molecular weight is 167 g/mol. The molecule has 4 nitrogen and oxygen atoms in total. The molecule has 0 radical (unpaired) electrons. The summed E-state index contributed by atoms with van der Waals surface area (Å²) >= 11 is 0. The molecule has 0 amide bonds. The van der Waals surface area contributed by atoms with Gasteiger partial charge in [-0.05, 0) is 25.2 Å². The van der Waals surface area contributed by atoms with Crippen LogP contribution in [-0.4, -0.2) is 16.2 Å². The molecule has 1 aliphatic rings. The first-order valence-electron chi connectivity index (χ1n) is 3.94. The summed E-state index contributed by atoms with van der Waals surface area (Å²) in [6.45, 7) is 0. The minimum absolute atomic E-state index is 0.0642. The summed E-state index contributed by atoms with van der Waals surface area (Å²) in [4.78, 5) is 10.4. The fraction of sp³-hybridized carbons (Fsp3) is 0.500. The molecule has 64 valence electrons. The fourth-order valence-electron chi connectivity index (χ4n) is 1.13. The number of rotatable bonds is 3. The van der Waals surface area contributed by atoms with Crippen molar-refractivity contribution in [1.82, 2.24) is 5.16 Å². The second-order valence-electron chi connectivity index (χ2n) is 3.14. The number of carbonyl (C=O) groups is 1. The number of nitrogens with zero attached hydrogens (tertiary/aromatic N) is 1. The summed E-state index contributed by atoms with van der Waals surface area (Å²) in [5, 5.41) is 12.2. The van der Waals surface area contributed by atoms with Gasteiger partial charge < -0.3 is 9.63 Å². The van der Waals surface area contributed by atoms with Crippen molar-refractivity contribution in [2.45, 2.75) is 19.3 Å². The zero-order valence-corrected chi connectivity index (χ0v) is 6.49. The first-order valence-corrected chi connectivity index (χ1v) is 3.94. The molecule has 0 bridgehead atoms. The van der Waals surface area contributed by atoms with Crippen LogP contribution in [0.1, 0.15) is 29.1 Å². The number of aromatic carboxylic acids is 1. The van der Waals surface area contributed by atoms with Crippen LogP contribution in [0, 0.1) is 5.92 Å². The Morgan fingerprint density at radius 2 is 2.50 bits per heavy atom. The van der Waals surface area contributed by atoms with Gasteiger partial charge in [-0.1, -0.05) is 5.16 Å². The molecular formula is C8H9NO3. The van der Waals surface area contributed by atoms with Crippen LogP contribution in [0.25, 0.3) is 0 Å². The summed E-state index contributed by atoms with van der Waals surface area (Å²) in [5.41, 5.74) is 0.759. The molecule has 0 saturated heterocycles. The van der Waals surface area contributed by atoms with E-state index in [4.69, 9.17) is 5.11 Å². The van der Waals surface area contributed by atoms with Crippen LogP contribution in [0.4, 0.5) is 0 Å². The molecule has 1 heterocycles. The van der Waals surface area contributed by atoms with E-state index < -0.39 is 5.97 Å². The Kier molecular flexibility index (Phi) is 1.60. The molecule has 1 saturated carbocycles. The van der Waals surface area contributed by atoms with Crippen LogP contribution < -0.4 is 0 Å². The van der Waals surface area contributed by atoms with Gasteiger partial charge in [0, 0.05) is 6.07 Å². The molecule has 1 fully saturated rings. The van der Waals surface area contributed by atoms with Gasteiger partial charge in [-0.2, -0.15) is 0 Å². The van der Waals surface area contributed by atoms with E-state index in [0.29, 0.717) is 5.92 Å². The van der Waals surface area contributed by atoms with E-state index in [2.05, 4.69) is 9.68 Å². The van der Waals surface area contributed by atoms with Gasteiger partial charge in [0.1, 0.15) is 0 Å². The Labute approximate surface area is 69.2 Å². The van der Waals surface area contributed by atoms with E-state index in [1.54, 1.807) is 0 Å². The summed E-state index contributed by atoms with van der Waals surface area (Å²) in [7, 11) is 0. The highest BCUT2D eigenvalue weighted by atomic mass is 16.5. The number of carboxylic acid groups (broad SMARTS) is 1. The number of hydrogen-bond acceptors (Lipinski definition) is 3. The van der Waals surface area contributed by atoms with Gasteiger partial charge in [0.25, 0.3) is 0 Å². The topological polar surface area (TPSA) is 63.3 Å². The highest BCUT2D eigenvalue weighted by Gasteiger charge is 2.23. The van der Waals surface area contributed by atoms with E-state index in [1.165, 1.54) is 18.9 Å². The van der Waals surface area contributed by atoms with Crippen molar-refractivity contribution in [3.8, 4) is 0 Å². The maximum atomic E-state index is 10.4. The molecule has 0 atom stereocenters. The third-order valence-corrected chi connectivity index (χ3v) is 1.96. The first-order chi connectivity index (χ1) is 5.75. The molecule has 1 aliphatic carbocycles. The summed E-state index contributed by atoms with van der Waals surface area (Å²) in [6, 6.07) is 1.50. The highest BCUT2D eigenvalue weighted by molar-refractivity contribution is 5.84. The third kappa shape index (κ3) is 1.47. The molecule has 1 aromatic heterocycles. The number of aromatic nitrogens is 1. The SMILES string of the molecule is O=C(O)c1cc(CC2CC2)no1. The van der Waals surface area contributed by atoms with Crippen molar-refractivity contribution in [2.75, 3.05) is 0 Å². The predicted octanol–water partition coefficient (Wildman–Crippen LogP) is 1.33. The summed E-state index contributed by atoms with van der Waals surface area (Å²) in [5.74, 6) is -0.410. The Hall–Kier alpha value is -1.32. The molecule has 1 N–H and O–H groups in total. The van der Waals surface area contributed by atoms with Crippen LogP contribution in [0.5, 0.6) is 0 Å². The van der Waals surface area contributed by atoms with E-state index in [0.717, 1.165) is 12.1 Å². The molecular weight excluding hydrogens is 158 g/mol. The molecule has 0 aliphatic heterocycles. The standard InChI is InChI=1S/C8H9NO3/c10-8(11)7-4-6(9-12-7)3-5-1-2-5/h4-5H,1-3H2,(H,10,11). The van der Waals surface area contributed by atoms with Crippen molar-refractivity contribution in [3.63, 3.8) is 0 Å². The number of hydrogen-bond donors (Lipinski definition) is 1. The third-order valence-electron chi connectivity index (χ3n) is 1.96. The largest absolute Gasteiger partial charge is 0.475 e. The lowest BCUT2D eigenvalue weighted by atomic mass is 10.2. The van der Waals surface area contributed by atoms with Gasteiger partial charge in [0.05, 0.1) is 5.69 Å². The van der Waals surface area contributed by atoms with Crippen LogP contribution in [0.15, 0.2) is 10.6 Å². The van der Waals surface area contributed by atoms with Crippen molar-refractivity contribution in [3.05, 3.63) is 17.5 Å². The minimum atomic E-state index is -1.05. The van der Waals surface area contributed by atoms with Gasteiger partial charge in [-0.3, -0.25) is 0 Å². The zero-order chi connectivity index (χ0) is 8.55. The maximum absolute atomic E-state index is 10.4. The molecule has 0 unspecified atom stereocenters. The number of carboxylic acids is 1.